The van der Waals surface area contributed by atoms with Crippen LogP contribution in [-0.2, 0) is 28.4 Å². The smallest absolute Gasteiger partial charge is 0.341 e. The van der Waals surface area contributed by atoms with E-state index in [0.29, 0.717) is 36.4 Å². The molecule has 1 saturated heterocycles. The Bertz CT molecular complexity index is 3010. The molecule has 0 saturated carbocycles. The zero-order valence-corrected chi connectivity index (χ0v) is 32.8. The molecule has 0 radical (unpaired) electrons. The molecule has 67 heavy (non-hydrogen) atoms. The summed E-state index contributed by atoms with van der Waals surface area (Å²) in [6.45, 7) is -1.25. The van der Waals surface area contributed by atoms with Crippen LogP contribution in [0.2, 0.25) is 0 Å². The van der Waals surface area contributed by atoms with E-state index in [4.69, 9.17) is 28.4 Å². The highest BCUT2D eigenvalue weighted by Gasteiger charge is 2.56. The van der Waals surface area contributed by atoms with Crippen LogP contribution in [0, 0.1) is 0 Å². The number of hydrogen-bond acceptors (Lipinski definition) is 26. The number of phenolic OH excluding ortho intramolecular Hbond substituents is 15. The normalized spacial score (nSPS) is 20.0. The van der Waals surface area contributed by atoms with E-state index in [0.717, 1.165) is 0 Å². The zero-order valence-electron chi connectivity index (χ0n) is 32.8. The molecule has 5 atom stereocenters. The van der Waals surface area contributed by atoms with Crippen LogP contribution in [0.15, 0.2) is 36.4 Å². The van der Waals surface area contributed by atoms with E-state index in [1.54, 1.807) is 0 Å². The molecule has 0 aromatic heterocycles. The van der Waals surface area contributed by atoms with E-state index >= 15 is 0 Å². The van der Waals surface area contributed by atoms with E-state index in [9.17, 15) is 101 Å². The number of benzene rings is 5. The molecule has 1 fully saturated rings. The molecule has 0 spiro atoms. The minimum Gasteiger partial charge on any atom is -0.504 e. The highest BCUT2D eigenvalue weighted by Crippen LogP contribution is 2.55. The lowest BCUT2D eigenvalue weighted by molar-refractivity contribution is -0.282. The topological polar surface area (TPSA) is 444 Å². The summed E-state index contributed by atoms with van der Waals surface area (Å²) in [6.07, 6.45) is -12.1. The SMILES string of the molecule is O=C(O[C@@H]1[C@H]2OC(=O)c3cc(O)c(O)c(O)c3-c3c(cc(O)c(O)c3O)C(=O)O[C@@H]2O[C@@H]2COC(=O)c3cc(O)c(O)c(O)c3-c3c(cc(O)c(O)c3O)C(=O)O[C@@H]12)c1cc(O)c(O)c(O)c1. The molecular weight excluding hydrogens is 908 g/mol. The van der Waals surface area contributed by atoms with Crippen molar-refractivity contribution in [2.45, 2.75) is 30.7 Å². The number of phenols is 15. The Labute approximate surface area is 368 Å². The Morgan fingerprint density at radius 2 is 0.776 bits per heavy atom. The second-order valence-electron chi connectivity index (χ2n) is 14.6. The molecular formula is C41H28O26. The fourth-order valence-electron chi connectivity index (χ4n) is 7.44. The molecule has 3 aliphatic heterocycles. The van der Waals surface area contributed by atoms with Crippen LogP contribution in [0.5, 0.6) is 86.2 Å². The van der Waals surface area contributed by atoms with Gasteiger partial charge in [0.25, 0.3) is 0 Å². The fourth-order valence-corrected chi connectivity index (χ4v) is 7.44. The van der Waals surface area contributed by atoms with E-state index in [-0.39, 0.29) is 0 Å². The molecule has 26 nitrogen and oxygen atoms in total. The summed E-state index contributed by atoms with van der Waals surface area (Å²) in [6, 6.07) is 2.81. The van der Waals surface area contributed by atoms with Crippen LogP contribution < -0.4 is 0 Å². The van der Waals surface area contributed by atoms with Gasteiger partial charge in [-0.05, 0) is 36.4 Å². The second kappa shape index (κ2) is 15.6. The largest absolute Gasteiger partial charge is 0.504 e. The molecule has 348 valence electrons. The van der Waals surface area contributed by atoms with E-state index < -0.39 is 203 Å². The van der Waals surface area contributed by atoms with Gasteiger partial charge in [0.1, 0.15) is 12.7 Å². The lowest BCUT2D eigenvalue weighted by Crippen LogP contribution is -2.63. The van der Waals surface area contributed by atoms with Gasteiger partial charge in [-0.1, -0.05) is 0 Å². The van der Waals surface area contributed by atoms with Gasteiger partial charge in [-0.15, -0.1) is 0 Å². The molecule has 3 heterocycles. The van der Waals surface area contributed by atoms with Crippen molar-refractivity contribution in [3.8, 4) is 108 Å². The molecule has 0 bridgehead atoms. The molecule has 0 unspecified atom stereocenters. The Kier molecular flexibility index (Phi) is 10.2. The molecule has 5 aromatic rings. The average Bonchev–Trinajstić information content (AvgIpc) is 3.29. The molecule has 5 aromatic carbocycles. The van der Waals surface area contributed by atoms with Gasteiger partial charge in [-0.3, -0.25) is 0 Å². The highest BCUT2D eigenvalue weighted by atomic mass is 16.7. The maximum absolute atomic E-state index is 14.4. The molecule has 3 aliphatic rings. The lowest BCUT2D eigenvalue weighted by atomic mass is 9.91. The van der Waals surface area contributed by atoms with Gasteiger partial charge < -0.3 is 105 Å². The predicted octanol–water partition coefficient (Wildman–Crippen LogP) is 1.65. The Balaban J connectivity index is 1.36. The van der Waals surface area contributed by atoms with Crippen molar-refractivity contribution in [2.24, 2.45) is 0 Å². The summed E-state index contributed by atoms with van der Waals surface area (Å²) in [5, 5.41) is 158. The van der Waals surface area contributed by atoms with E-state index in [2.05, 4.69) is 0 Å². The van der Waals surface area contributed by atoms with Crippen molar-refractivity contribution in [3.63, 3.8) is 0 Å². The Morgan fingerprint density at radius 3 is 1.18 bits per heavy atom. The number of carbonyl (C=O) groups excluding carboxylic acids is 5. The maximum atomic E-state index is 14.4. The van der Waals surface area contributed by atoms with Crippen molar-refractivity contribution in [3.05, 3.63) is 64.2 Å². The summed E-state index contributed by atoms with van der Waals surface area (Å²) in [4.78, 5) is 70.7. The van der Waals surface area contributed by atoms with Crippen LogP contribution in [0.1, 0.15) is 51.8 Å². The number of fused-ring (bicyclic) bond motifs is 8. The van der Waals surface area contributed by atoms with Crippen LogP contribution >= 0.6 is 0 Å². The number of rotatable bonds is 2. The van der Waals surface area contributed by atoms with Crippen molar-refractivity contribution < 1.29 is 129 Å². The van der Waals surface area contributed by atoms with Gasteiger partial charge in [0.15, 0.2) is 75.5 Å². The molecule has 26 heteroatoms. The number of ether oxygens (including phenoxy) is 6. The van der Waals surface area contributed by atoms with Crippen molar-refractivity contribution in [1.29, 1.82) is 0 Å². The van der Waals surface area contributed by atoms with Crippen molar-refractivity contribution in [1.82, 2.24) is 0 Å². The van der Waals surface area contributed by atoms with Crippen LogP contribution in [-0.4, -0.2) is 144 Å². The minimum absolute atomic E-state index is 0.407. The highest BCUT2D eigenvalue weighted by molar-refractivity contribution is 6.10. The number of aromatic hydroxyl groups is 15. The van der Waals surface area contributed by atoms with Crippen molar-refractivity contribution >= 4 is 29.8 Å². The van der Waals surface area contributed by atoms with E-state index in [1.165, 1.54) is 0 Å². The standard InChI is InChI=1S/C41H28O26/c42-13-1-8(2-14(43)24(13)48)36(57)65-34-33-19(7-62-37(58)9-3-15(44)25(49)29(53)20(9)21-10(38(59)64-33)4-16(45)26(50)30(21)54)63-41-35(34)66-39(60)11-5-17(46)27(51)31(55)22(11)23-12(40(61)67-41)6-18(47)28(52)32(23)56/h1-6,19,33-35,41-56H,7H2/t19-,33-,34+,35-,41+/m1/s1. The van der Waals surface area contributed by atoms with Crippen molar-refractivity contribution in [2.75, 3.05) is 6.61 Å². The summed E-state index contributed by atoms with van der Waals surface area (Å²) >= 11 is 0. The third-order valence-electron chi connectivity index (χ3n) is 10.6. The Hall–Kier alpha value is -9.59. The van der Waals surface area contributed by atoms with Gasteiger partial charge in [-0.2, -0.15) is 0 Å². The molecule has 8 rings (SSSR count). The Morgan fingerprint density at radius 1 is 0.433 bits per heavy atom. The first kappa shape index (κ1) is 44.0. The first-order valence-corrected chi connectivity index (χ1v) is 18.6. The van der Waals surface area contributed by atoms with Gasteiger partial charge in [0.2, 0.25) is 35.4 Å². The van der Waals surface area contributed by atoms with Gasteiger partial charge in [-0.25, -0.2) is 24.0 Å². The summed E-state index contributed by atoms with van der Waals surface area (Å²) in [5.74, 6) is -28.2. The second-order valence-corrected chi connectivity index (χ2v) is 14.6. The third kappa shape index (κ3) is 6.91. The molecule has 0 aliphatic carbocycles. The quantitative estimate of drug-likeness (QED) is 0.0679. The van der Waals surface area contributed by atoms with Gasteiger partial charge in [0, 0.05) is 22.3 Å². The number of cyclic esters (lactones) is 1. The molecule has 0 amide bonds. The fraction of sp³-hybridized carbons (Fsp3) is 0.146. The monoisotopic (exact) mass is 936 g/mol. The number of carbonyl (C=O) groups is 5. The maximum Gasteiger partial charge on any atom is 0.341 e. The van der Waals surface area contributed by atoms with E-state index in [1.807, 2.05) is 0 Å². The minimum atomic E-state index is -2.53. The first-order chi connectivity index (χ1) is 31.5. The number of esters is 5. The van der Waals surface area contributed by atoms with Crippen LogP contribution in [0.25, 0.3) is 22.3 Å². The zero-order chi connectivity index (χ0) is 48.8. The summed E-state index contributed by atoms with van der Waals surface area (Å²) < 4.78 is 33.6. The summed E-state index contributed by atoms with van der Waals surface area (Å²) in [5.41, 5.74) is -9.28. The predicted molar refractivity (Wildman–Crippen MR) is 207 cm³/mol. The van der Waals surface area contributed by atoms with Crippen LogP contribution in [0.3, 0.4) is 0 Å². The summed E-state index contributed by atoms with van der Waals surface area (Å²) in [7, 11) is 0. The molecule has 15 N–H and O–H groups in total. The van der Waals surface area contributed by atoms with Crippen LogP contribution in [0.4, 0.5) is 0 Å². The van der Waals surface area contributed by atoms with Gasteiger partial charge in [0.05, 0.1) is 27.8 Å². The first-order valence-electron chi connectivity index (χ1n) is 18.6. The van der Waals surface area contributed by atoms with Gasteiger partial charge >= 0.3 is 29.8 Å². The number of hydrogen-bond donors (Lipinski definition) is 15. The average molecular weight is 937 g/mol. The third-order valence-corrected chi connectivity index (χ3v) is 10.6. The lowest BCUT2D eigenvalue weighted by Gasteiger charge is -2.44.